The maximum Gasteiger partial charge on any atom is 0.0616 e. The van der Waals surface area contributed by atoms with Gasteiger partial charge in [0.15, 0.2) is 0 Å². The lowest BCUT2D eigenvalue weighted by Gasteiger charge is -2.47. The van der Waals surface area contributed by atoms with Gasteiger partial charge >= 0.3 is 0 Å². The zero-order chi connectivity index (χ0) is 14.6. The molecule has 0 bridgehead atoms. The number of nitrogens with two attached hydrogens (primary N) is 1. The quantitative estimate of drug-likeness (QED) is 0.895. The zero-order valence-electron chi connectivity index (χ0n) is 12.9. The van der Waals surface area contributed by atoms with Crippen molar-refractivity contribution >= 4 is 0 Å². The van der Waals surface area contributed by atoms with Crippen molar-refractivity contribution in [1.82, 2.24) is 9.88 Å². The molecule has 0 saturated carbocycles. The molecule has 1 aliphatic heterocycles. The topological polar surface area (TPSA) is 51.4 Å². The first-order valence-electron chi connectivity index (χ1n) is 7.49. The number of likely N-dealkylation sites (N-methyl/N-ethyl adjacent to an activating group) is 1. The Balaban J connectivity index is 2.09. The van der Waals surface area contributed by atoms with Crippen LogP contribution in [0.3, 0.4) is 0 Å². The van der Waals surface area contributed by atoms with E-state index in [-0.39, 0.29) is 5.54 Å². The second kappa shape index (κ2) is 6.66. The van der Waals surface area contributed by atoms with Gasteiger partial charge in [0.25, 0.3) is 0 Å². The van der Waals surface area contributed by atoms with E-state index >= 15 is 0 Å². The summed E-state index contributed by atoms with van der Waals surface area (Å²) in [5.41, 5.74) is 7.42. The molecule has 4 heteroatoms. The monoisotopic (exact) mass is 277 g/mol. The summed E-state index contributed by atoms with van der Waals surface area (Å²) in [5, 5.41) is 0. The first kappa shape index (κ1) is 15.4. The van der Waals surface area contributed by atoms with E-state index in [2.05, 4.69) is 36.8 Å². The predicted octanol–water partition coefficient (Wildman–Crippen LogP) is 2.05. The molecule has 4 nitrogen and oxygen atoms in total. The molecule has 1 saturated heterocycles. The first-order chi connectivity index (χ1) is 9.57. The van der Waals surface area contributed by atoms with Gasteiger partial charge in [0.05, 0.1) is 6.10 Å². The highest BCUT2D eigenvalue weighted by Gasteiger charge is 2.40. The van der Waals surface area contributed by atoms with Crippen LogP contribution in [-0.2, 0) is 11.3 Å². The van der Waals surface area contributed by atoms with E-state index in [4.69, 9.17) is 10.5 Å². The Morgan fingerprint density at radius 2 is 2.35 bits per heavy atom. The van der Waals surface area contributed by atoms with E-state index in [0.29, 0.717) is 18.6 Å². The van der Waals surface area contributed by atoms with Gasteiger partial charge in [-0.1, -0.05) is 19.9 Å². The second-order valence-electron chi connectivity index (χ2n) is 6.25. The molecule has 112 valence electrons. The number of pyridine rings is 1. The van der Waals surface area contributed by atoms with Crippen molar-refractivity contribution in [2.75, 3.05) is 20.2 Å². The van der Waals surface area contributed by atoms with Crippen LogP contribution in [0.5, 0.6) is 0 Å². The van der Waals surface area contributed by atoms with Crippen LogP contribution in [0.2, 0.25) is 0 Å². The minimum absolute atomic E-state index is 0.0447. The van der Waals surface area contributed by atoms with Crippen molar-refractivity contribution in [2.45, 2.75) is 44.9 Å². The van der Waals surface area contributed by atoms with E-state index in [1.165, 1.54) is 5.56 Å². The van der Waals surface area contributed by atoms with Gasteiger partial charge in [-0.3, -0.25) is 9.88 Å². The molecule has 1 aromatic heterocycles. The van der Waals surface area contributed by atoms with Gasteiger partial charge in [-0.25, -0.2) is 0 Å². The molecular weight excluding hydrogens is 250 g/mol. The van der Waals surface area contributed by atoms with Crippen LogP contribution in [0.25, 0.3) is 0 Å². The first-order valence-corrected chi connectivity index (χ1v) is 7.49. The van der Waals surface area contributed by atoms with Gasteiger partial charge in [0, 0.05) is 37.6 Å². The molecule has 2 rings (SSSR count). The van der Waals surface area contributed by atoms with Crippen LogP contribution >= 0.6 is 0 Å². The highest BCUT2D eigenvalue weighted by molar-refractivity contribution is 5.09. The van der Waals surface area contributed by atoms with E-state index in [0.717, 1.165) is 26.0 Å². The van der Waals surface area contributed by atoms with Gasteiger partial charge in [-0.15, -0.1) is 0 Å². The molecule has 0 aromatic carbocycles. The third-order valence-electron chi connectivity index (χ3n) is 4.56. The Kier molecular flexibility index (Phi) is 5.13. The van der Waals surface area contributed by atoms with Crippen molar-refractivity contribution < 1.29 is 4.74 Å². The summed E-state index contributed by atoms with van der Waals surface area (Å²) >= 11 is 0. The number of rotatable bonds is 5. The molecule has 0 radical (unpaired) electrons. The molecule has 1 aromatic rings. The van der Waals surface area contributed by atoms with Crippen LogP contribution in [0, 0.1) is 5.92 Å². The Labute approximate surface area is 122 Å². The largest absolute Gasteiger partial charge is 0.378 e. The lowest BCUT2D eigenvalue weighted by Crippen LogP contribution is -2.57. The summed E-state index contributed by atoms with van der Waals surface area (Å²) in [7, 11) is 2.17. The van der Waals surface area contributed by atoms with Crippen molar-refractivity contribution in [3.05, 3.63) is 30.1 Å². The third-order valence-corrected chi connectivity index (χ3v) is 4.56. The van der Waals surface area contributed by atoms with Gasteiger partial charge in [-0.2, -0.15) is 0 Å². The fraction of sp³-hybridized carbons (Fsp3) is 0.688. The summed E-state index contributed by atoms with van der Waals surface area (Å²) in [6.07, 6.45) is 6.07. The number of aromatic nitrogens is 1. The van der Waals surface area contributed by atoms with Crippen molar-refractivity contribution in [3.8, 4) is 0 Å². The van der Waals surface area contributed by atoms with Crippen LogP contribution in [0.15, 0.2) is 24.5 Å². The molecule has 2 N–H and O–H groups in total. The van der Waals surface area contributed by atoms with Crippen molar-refractivity contribution in [3.63, 3.8) is 0 Å². The average molecular weight is 277 g/mol. The van der Waals surface area contributed by atoms with Crippen LogP contribution < -0.4 is 5.73 Å². The molecule has 2 atom stereocenters. The maximum atomic E-state index is 6.14. The summed E-state index contributed by atoms with van der Waals surface area (Å²) in [6, 6.07) is 4.10. The Hall–Kier alpha value is -0.970. The third kappa shape index (κ3) is 3.37. The van der Waals surface area contributed by atoms with Crippen LogP contribution in [0.1, 0.15) is 32.3 Å². The van der Waals surface area contributed by atoms with Gasteiger partial charge in [0.1, 0.15) is 0 Å². The van der Waals surface area contributed by atoms with Crippen LogP contribution in [-0.4, -0.2) is 41.7 Å². The molecule has 0 spiro atoms. The van der Waals surface area contributed by atoms with Crippen molar-refractivity contribution in [1.29, 1.82) is 0 Å². The highest BCUT2D eigenvalue weighted by Crippen LogP contribution is 2.33. The molecule has 0 aliphatic carbocycles. The van der Waals surface area contributed by atoms with Crippen molar-refractivity contribution in [2.24, 2.45) is 11.7 Å². The fourth-order valence-electron chi connectivity index (χ4n) is 2.99. The molecule has 2 heterocycles. The van der Waals surface area contributed by atoms with Gasteiger partial charge in [0.2, 0.25) is 0 Å². The standard InChI is InChI=1S/C16H27N3O/c1-13(2)15-9-16(12-17,6-8-20-15)19(3)11-14-5-4-7-18-10-14/h4-5,7,10,13,15H,6,8-9,11-12,17H2,1-3H3. The molecule has 2 unspecified atom stereocenters. The Bertz CT molecular complexity index is 409. The molecule has 1 fully saturated rings. The van der Waals surface area contributed by atoms with Crippen LogP contribution in [0.4, 0.5) is 0 Å². The lowest BCUT2D eigenvalue weighted by molar-refractivity contribution is -0.0834. The highest BCUT2D eigenvalue weighted by atomic mass is 16.5. The number of nitrogens with zero attached hydrogens (tertiary/aromatic N) is 2. The van der Waals surface area contributed by atoms with E-state index in [9.17, 15) is 0 Å². The smallest absolute Gasteiger partial charge is 0.0616 e. The fourth-order valence-corrected chi connectivity index (χ4v) is 2.99. The molecule has 0 amide bonds. The average Bonchev–Trinajstić information content (AvgIpc) is 2.48. The summed E-state index contributed by atoms with van der Waals surface area (Å²) in [5.74, 6) is 0.535. The summed E-state index contributed by atoms with van der Waals surface area (Å²) in [4.78, 5) is 6.58. The second-order valence-corrected chi connectivity index (χ2v) is 6.25. The Morgan fingerprint density at radius 1 is 1.55 bits per heavy atom. The number of hydrogen-bond donors (Lipinski definition) is 1. The minimum atomic E-state index is 0.0447. The van der Waals surface area contributed by atoms with E-state index < -0.39 is 0 Å². The normalized spacial score (nSPS) is 27.2. The predicted molar refractivity (Wildman–Crippen MR) is 81.3 cm³/mol. The minimum Gasteiger partial charge on any atom is -0.378 e. The molecular formula is C16H27N3O. The summed E-state index contributed by atoms with van der Waals surface area (Å²) in [6.45, 7) is 6.81. The SMILES string of the molecule is CC(C)C1CC(CN)(N(C)Cc2cccnc2)CCO1. The van der Waals surface area contributed by atoms with Gasteiger partial charge < -0.3 is 10.5 Å². The molecule has 20 heavy (non-hydrogen) atoms. The maximum absolute atomic E-state index is 6.14. The summed E-state index contributed by atoms with van der Waals surface area (Å²) < 4.78 is 5.90. The lowest BCUT2D eigenvalue weighted by atomic mass is 9.82. The zero-order valence-corrected chi connectivity index (χ0v) is 12.9. The van der Waals surface area contributed by atoms with Gasteiger partial charge in [-0.05, 0) is 37.4 Å². The van der Waals surface area contributed by atoms with E-state index in [1.807, 2.05) is 18.5 Å². The molecule has 1 aliphatic rings. The Morgan fingerprint density at radius 3 is 2.95 bits per heavy atom. The number of ether oxygens (including phenoxy) is 1. The number of hydrogen-bond acceptors (Lipinski definition) is 4. The van der Waals surface area contributed by atoms with E-state index in [1.54, 1.807) is 0 Å².